The molecular formula is C29H33N5O5S. The van der Waals surface area contributed by atoms with Gasteiger partial charge in [0.2, 0.25) is 0 Å². The summed E-state index contributed by atoms with van der Waals surface area (Å²) in [5.74, 6) is -0.951. The van der Waals surface area contributed by atoms with E-state index in [1.54, 1.807) is 4.90 Å². The van der Waals surface area contributed by atoms with Gasteiger partial charge in [0.25, 0.3) is 17.5 Å². The van der Waals surface area contributed by atoms with Crippen molar-refractivity contribution in [2.24, 2.45) is 0 Å². The van der Waals surface area contributed by atoms with Crippen molar-refractivity contribution >= 4 is 28.8 Å². The molecule has 0 spiro atoms. The monoisotopic (exact) mass is 563 g/mol. The summed E-state index contributed by atoms with van der Waals surface area (Å²) in [5, 5.41) is 32.0. The third-order valence-electron chi connectivity index (χ3n) is 7.61. The van der Waals surface area contributed by atoms with Crippen LogP contribution in [-0.4, -0.2) is 63.0 Å². The molecule has 3 heterocycles. The van der Waals surface area contributed by atoms with Crippen LogP contribution >= 0.6 is 11.3 Å². The number of aliphatic hydroxyl groups is 1. The van der Waals surface area contributed by atoms with Gasteiger partial charge in [-0.15, -0.1) is 11.3 Å². The molecule has 2 aliphatic rings. The number of aliphatic hydroxyl groups excluding tert-OH is 1. The summed E-state index contributed by atoms with van der Waals surface area (Å²) in [6.45, 7) is 3.20. The number of nitro groups is 1. The van der Waals surface area contributed by atoms with Crippen molar-refractivity contribution < 1.29 is 19.6 Å². The second-order valence-electron chi connectivity index (χ2n) is 10.5. The van der Waals surface area contributed by atoms with Crippen molar-refractivity contribution in [2.75, 3.05) is 13.1 Å². The molecule has 3 aromatic rings. The number of amides is 2. The number of benzene rings is 2. The van der Waals surface area contributed by atoms with Gasteiger partial charge in [0.15, 0.2) is 0 Å². The van der Waals surface area contributed by atoms with Crippen LogP contribution in [0.4, 0.5) is 5.69 Å². The summed E-state index contributed by atoms with van der Waals surface area (Å²) in [4.78, 5) is 44.6. The van der Waals surface area contributed by atoms with Crippen LogP contribution in [0.2, 0.25) is 0 Å². The first kappa shape index (κ1) is 27.9. The molecule has 2 aromatic carbocycles. The number of hydrogen-bond donors (Lipinski definition) is 3. The van der Waals surface area contributed by atoms with Crippen LogP contribution in [0.15, 0.2) is 53.9 Å². The van der Waals surface area contributed by atoms with Crippen molar-refractivity contribution in [3.8, 4) is 0 Å². The van der Waals surface area contributed by atoms with Gasteiger partial charge in [-0.3, -0.25) is 19.7 Å². The number of nitrogens with zero attached hydrogens (tertiary/aromatic N) is 3. The third-order valence-corrected chi connectivity index (χ3v) is 8.67. The van der Waals surface area contributed by atoms with Gasteiger partial charge >= 0.3 is 0 Å². The van der Waals surface area contributed by atoms with Crippen molar-refractivity contribution in [1.29, 1.82) is 0 Å². The van der Waals surface area contributed by atoms with Crippen LogP contribution in [-0.2, 0) is 6.42 Å². The Morgan fingerprint density at radius 3 is 2.65 bits per heavy atom. The molecule has 2 unspecified atom stereocenters. The van der Waals surface area contributed by atoms with Crippen LogP contribution in [0.5, 0.6) is 0 Å². The summed E-state index contributed by atoms with van der Waals surface area (Å²) in [6.07, 6.45) is 2.80. The van der Waals surface area contributed by atoms with E-state index in [9.17, 15) is 24.8 Å². The topological polar surface area (TPSA) is 138 Å². The normalized spacial score (nSPS) is 20.3. The van der Waals surface area contributed by atoms with E-state index < -0.39 is 23.0 Å². The lowest BCUT2D eigenvalue weighted by molar-refractivity contribution is -0.384. The van der Waals surface area contributed by atoms with E-state index in [1.165, 1.54) is 29.5 Å². The predicted molar refractivity (Wildman–Crippen MR) is 151 cm³/mol. The molecule has 11 heteroatoms. The highest BCUT2D eigenvalue weighted by molar-refractivity contribution is 7.09. The van der Waals surface area contributed by atoms with Crippen LogP contribution in [0.25, 0.3) is 0 Å². The zero-order valence-electron chi connectivity index (χ0n) is 22.3. The fraction of sp³-hybridized carbons (Fsp3) is 0.414. The van der Waals surface area contributed by atoms with Crippen molar-refractivity contribution in [3.05, 3.63) is 91.4 Å². The molecule has 40 heavy (non-hydrogen) atoms. The number of likely N-dealkylation sites (tertiary alicyclic amines) is 1. The van der Waals surface area contributed by atoms with E-state index in [0.29, 0.717) is 13.0 Å². The Bertz CT molecular complexity index is 1370. The Hall–Kier alpha value is -3.67. The maximum atomic E-state index is 13.6. The van der Waals surface area contributed by atoms with Crippen molar-refractivity contribution in [3.63, 3.8) is 0 Å². The lowest BCUT2D eigenvalue weighted by Crippen LogP contribution is -2.52. The zero-order valence-corrected chi connectivity index (χ0v) is 23.1. The highest BCUT2D eigenvalue weighted by atomic mass is 32.1. The molecule has 3 N–H and O–H groups in total. The zero-order chi connectivity index (χ0) is 28.2. The van der Waals surface area contributed by atoms with Crippen LogP contribution in [0.1, 0.15) is 68.7 Å². The predicted octanol–water partition coefficient (Wildman–Crippen LogP) is 3.79. The molecule has 0 saturated carbocycles. The Morgan fingerprint density at radius 1 is 1.20 bits per heavy atom. The number of nitrogens with one attached hydrogen (secondary N) is 2. The van der Waals surface area contributed by atoms with E-state index >= 15 is 0 Å². The molecule has 0 aliphatic carbocycles. The number of thiazole rings is 1. The lowest BCUT2D eigenvalue weighted by Gasteiger charge is -2.29. The average molecular weight is 564 g/mol. The number of aromatic nitrogens is 1. The molecule has 2 aliphatic heterocycles. The molecular weight excluding hydrogens is 530 g/mol. The fourth-order valence-corrected chi connectivity index (χ4v) is 6.53. The largest absolute Gasteiger partial charge is 0.389 e. The van der Waals surface area contributed by atoms with Crippen LogP contribution in [0, 0.1) is 17.0 Å². The van der Waals surface area contributed by atoms with Crippen LogP contribution < -0.4 is 10.6 Å². The molecule has 10 nitrogen and oxygen atoms in total. The third kappa shape index (κ3) is 6.22. The number of carbonyl (C=O) groups excluding carboxylic acids is 2. The number of hydrogen-bond acceptors (Lipinski definition) is 8. The quantitative estimate of drug-likeness (QED) is 0.266. The van der Waals surface area contributed by atoms with Crippen molar-refractivity contribution in [2.45, 2.75) is 63.3 Å². The molecule has 210 valence electrons. The smallest absolute Gasteiger partial charge is 0.271 e. The molecule has 2 saturated heterocycles. The minimum Gasteiger partial charge on any atom is -0.389 e. The Morgan fingerprint density at radius 2 is 1.98 bits per heavy atom. The number of aryl methyl sites for hydroxylation is 1. The van der Waals surface area contributed by atoms with E-state index in [2.05, 4.69) is 15.6 Å². The van der Waals surface area contributed by atoms with E-state index in [4.69, 9.17) is 0 Å². The lowest BCUT2D eigenvalue weighted by atomic mass is 9.95. The summed E-state index contributed by atoms with van der Waals surface area (Å²) >= 11 is 1.49. The van der Waals surface area contributed by atoms with Gasteiger partial charge in [-0.1, -0.05) is 30.3 Å². The van der Waals surface area contributed by atoms with Gasteiger partial charge in [-0.25, -0.2) is 4.98 Å². The standard InChI is InChI=1S/C29H33N5O5S/c1-18-17-40-28(31-18)25-10-6-12-33(25)29(37)21-14-20(15-22(16-21)34(38)39)27(36)32-24(13-19-7-3-2-4-8-19)26(35)23-9-5-11-30-23/h2-4,7-8,14-17,23-26,30,35H,5-6,9-13H2,1H3,(H,32,36)/t23?,24-,25?,26+/m0/s1. The number of nitro benzene ring substituents is 1. The summed E-state index contributed by atoms with van der Waals surface area (Å²) < 4.78 is 0. The highest BCUT2D eigenvalue weighted by Crippen LogP contribution is 2.35. The maximum Gasteiger partial charge on any atom is 0.271 e. The van der Waals surface area contributed by atoms with Gasteiger partial charge < -0.3 is 20.6 Å². The average Bonchev–Trinajstić information content (AvgIpc) is 3.74. The second kappa shape index (κ2) is 12.2. The van der Waals surface area contributed by atoms with Gasteiger partial charge in [-0.2, -0.15) is 0 Å². The first-order valence-corrected chi connectivity index (χ1v) is 14.5. The molecule has 5 rings (SSSR count). The molecule has 0 bridgehead atoms. The Balaban J connectivity index is 1.41. The van der Waals surface area contributed by atoms with E-state index in [0.717, 1.165) is 48.5 Å². The number of rotatable bonds is 9. The number of carbonyl (C=O) groups is 2. The maximum absolute atomic E-state index is 13.6. The second-order valence-corrected chi connectivity index (χ2v) is 11.4. The molecule has 2 amide bonds. The first-order chi connectivity index (χ1) is 19.3. The van der Waals surface area contributed by atoms with Gasteiger partial charge in [0, 0.05) is 46.9 Å². The number of non-ortho nitro benzene ring substituents is 1. The minimum atomic E-state index is -0.862. The highest BCUT2D eigenvalue weighted by Gasteiger charge is 2.35. The van der Waals surface area contributed by atoms with E-state index in [-0.39, 0.29) is 34.8 Å². The van der Waals surface area contributed by atoms with Gasteiger partial charge in [0.1, 0.15) is 5.01 Å². The van der Waals surface area contributed by atoms with Gasteiger partial charge in [0.05, 0.1) is 23.1 Å². The summed E-state index contributed by atoms with van der Waals surface area (Å²) in [7, 11) is 0. The Kier molecular flexibility index (Phi) is 8.53. The minimum absolute atomic E-state index is 0.00281. The summed E-state index contributed by atoms with van der Waals surface area (Å²) in [5.41, 5.74) is 1.57. The molecule has 2 fully saturated rings. The summed E-state index contributed by atoms with van der Waals surface area (Å²) in [6, 6.07) is 12.3. The first-order valence-electron chi connectivity index (χ1n) is 13.6. The fourth-order valence-electron chi connectivity index (χ4n) is 5.59. The van der Waals surface area contributed by atoms with Crippen molar-refractivity contribution in [1.82, 2.24) is 20.5 Å². The van der Waals surface area contributed by atoms with E-state index in [1.807, 2.05) is 42.6 Å². The SMILES string of the molecule is Cc1csc(C2CCCN2C(=O)c2cc(C(=O)N[C@@H](Cc3ccccc3)[C@H](O)C3CCCN3)cc([N+](=O)[O-])c2)n1. The molecule has 1 aromatic heterocycles. The molecule has 4 atom stereocenters. The van der Waals surface area contributed by atoms with Crippen LogP contribution in [0.3, 0.4) is 0 Å². The molecule has 0 radical (unpaired) electrons. The van der Waals surface area contributed by atoms with Gasteiger partial charge in [-0.05, 0) is 57.2 Å². The Labute approximate surface area is 236 Å².